The van der Waals surface area contributed by atoms with E-state index in [-0.39, 0.29) is 10.6 Å². The van der Waals surface area contributed by atoms with E-state index in [1.54, 1.807) is 12.1 Å². The van der Waals surface area contributed by atoms with Gasteiger partial charge in [-0.15, -0.1) is 23.5 Å². The highest BCUT2D eigenvalue weighted by atomic mass is 32.2. The molecule has 2 aromatic carbocycles. The number of rotatable bonds is 7. The van der Waals surface area contributed by atoms with Crippen LogP contribution in [0.3, 0.4) is 0 Å². The first-order valence-electron chi connectivity index (χ1n) is 7.16. The molecule has 0 radical (unpaired) electrons. The number of ether oxygens (including phenoxy) is 1. The Morgan fingerprint density at radius 3 is 2.64 bits per heavy atom. The highest BCUT2D eigenvalue weighted by Crippen LogP contribution is 2.25. The number of benzene rings is 2. The Balaban J connectivity index is 1.79. The van der Waals surface area contributed by atoms with Crippen molar-refractivity contribution >= 4 is 41.1 Å². The maximum absolute atomic E-state index is 13.4. The molecule has 0 bridgehead atoms. The molecule has 0 aliphatic carbocycles. The molecule has 1 N–H and O–H groups in total. The predicted octanol–water partition coefficient (Wildman–Crippen LogP) is 3.96. The number of para-hydroxylation sites is 1. The van der Waals surface area contributed by atoms with E-state index in [1.807, 2.05) is 18.4 Å². The van der Waals surface area contributed by atoms with Crippen LogP contribution in [0, 0.1) is 11.6 Å². The van der Waals surface area contributed by atoms with Gasteiger partial charge in [0.25, 0.3) is 5.91 Å². The Morgan fingerprint density at radius 1 is 1.12 bits per heavy atom. The van der Waals surface area contributed by atoms with Gasteiger partial charge in [0.15, 0.2) is 6.61 Å². The van der Waals surface area contributed by atoms with Crippen LogP contribution < -0.4 is 5.32 Å². The molecule has 0 saturated carbocycles. The lowest BCUT2D eigenvalue weighted by molar-refractivity contribution is -0.144. The summed E-state index contributed by atoms with van der Waals surface area (Å²) in [5, 5.41) is 2.65. The van der Waals surface area contributed by atoms with E-state index < -0.39 is 30.1 Å². The van der Waals surface area contributed by atoms with Crippen molar-refractivity contribution in [2.24, 2.45) is 0 Å². The van der Waals surface area contributed by atoms with Crippen LogP contribution >= 0.6 is 23.5 Å². The molecule has 0 aromatic heterocycles. The lowest BCUT2D eigenvalue weighted by Crippen LogP contribution is -2.21. The Hall–Kier alpha value is -2.06. The molecule has 1 amide bonds. The smallest absolute Gasteiger partial charge is 0.316 e. The van der Waals surface area contributed by atoms with Gasteiger partial charge in [0, 0.05) is 9.79 Å². The maximum Gasteiger partial charge on any atom is 0.316 e. The van der Waals surface area contributed by atoms with Crippen molar-refractivity contribution in [3.05, 3.63) is 54.1 Å². The summed E-state index contributed by atoms with van der Waals surface area (Å²) in [6.45, 7) is -0.451. The SMILES string of the molecule is CSc1ccccc1NC(=O)COC(=O)CSc1cc(F)ccc1F. The Bertz CT molecular complexity index is 771. The van der Waals surface area contributed by atoms with E-state index in [1.165, 1.54) is 11.8 Å². The van der Waals surface area contributed by atoms with Crippen molar-refractivity contribution in [3.8, 4) is 0 Å². The quantitative estimate of drug-likeness (QED) is 0.579. The molecule has 4 nitrogen and oxygen atoms in total. The highest BCUT2D eigenvalue weighted by Gasteiger charge is 2.12. The number of hydrogen-bond acceptors (Lipinski definition) is 5. The van der Waals surface area contributed by atoms with Crippen LogP contribution in [0.15, 0.2) is 52.3 Å². The summed E-state index contributed by atoms with van der Waals surface area (Å²) in [4.78, 5) is 24.4. The fourth-order valence-corrected chi connectivity index (χ4v) is 3.16. The first kappa shape index (κ1) is 19.3. The second kappa shape index (κ2) is 9.43. The van der Waals surface area contributed by atoms with E-state index in [4.69, 9.17) is 4.74 Å². The number of nitrogens with one attached hydrogen (secondary N) is 1. The van der Waals surface area contributed by atoms with Crippen LogP contribution in [0.5, 0.6) is 0 Å². The topological polar surface area (TPSA) is 55.4 Å². The number of amides is 1. The normalized spacial score (nSPS) is 10.4. The predicted molar refractivity (Wildman–Crippen MR) is 94.9 cm³/mol. The van der Waals surface area contributed by atoms with Gasteiger partial charge in [-0.2, -0.15) is 0 Å². The van der Waals surface area contributed by atoms with Crippen LogP contribution in [-0.2, 0) is 14.3 Å². The van der Waals surface area contributed by atoms with Crippen molar-refractivity contribution in [2.45, 2.75) is 9.79 Å². The van der Waals surface area contributed by atoms with Gasteiger partial charge >= 0.3 is 5.97 Å². The van der Waals surface area contributed by atoms with Crippen LogP contribution in [0.2, 0.25) is 0 Å². The zero-order valence-electron chi connectivity index (χ0n) is 13.3. The number of halogens is 2. The molecular weight excluding hydrogens is 368 g/mol. The van der Waals surface area contributed by atoms with Gasteiger partial charge in [0.05, 0.1) is 11.4 Å². The van der Waals surface area contributed by atoms with Gasteiger partial charge < -0.3 is 10.1 Å². The summed E-state index contributed by atoms with van der Waals surface area (Å²) in [5.41, 5.74) is 0.632. The monoisotopic (exact) mass is 383 g/mol. The van der Waals surface area contributed by atoms with Crippen molar-refractivity contribution in [3.63, 3.8) is 0 Å². The summed E-state index contributed by atoms with van der Waals surface area (Å²) in [7, 11) is 0. The highest BCUT2D eigenvalue weighted by molar-refractivity contribution is 8.00. The van der Waals surface area contributed by atoms with Crippen molar-refractivity contribution in [1.82, 2.24) is 0 Å². The Kier molecular flexibility index (Phi) is 7.27. The lowest BCUT2D eigenvalue weighted by Gasteiger charge is -2.09. The number of thioether (sulfide) groups is 2. The number of carbonyl (C=O) groups is 2. The molecule has 0 spiro atoms. The first-order valence-corrected chi connectivity index (χ1v) is 9.37. The molecule has 0 unspecified atom stereocenters. The lowest BCUT2D eigenvalue weighted by atomic mass is 10.3. The minimum atomic E-state index is -0.693. The molecule has 2 aromatic rings. The third kappa shape index (κ3) is 6.06. The molecule has 132 valence electrons. The van der Waals surface area contributed by atoms with Crippen LogP contribution in [0.1, 0.15) is 0 Å². The summed E-state index contributed by atoms with van der Waals surface area (Å²) in [5.74, 6) is -2.61. The van der Waals surface area contributed by atoms with E-state index in [0.29, 0.717) is 5.69 Å². The fraction of sp³-hybridized carbons (Fsp3) is 0.176. The van der Waals surface area contributed by atoms with Gasteiger partial charge in [-0.25, -0.2) is 8.78 Å². The zero-order chi connectivity index (χ0) is 18.2. The summed E-state index contributed by atoms with van der Waals surface area (Å²) in [6.07, 6.45) is 1.88. The number of carbonyl (C=O) groups excluding carboxylic acids is 2. The van der Waals surface area contributed by atoms with E-state index in [0.717, 1.165) is 34.9 Å². The molecule has 0 saturated heterocycles. The third-order valence-corrected chi connectivity index (χ3v) is 4.78. The zero-order valence-corrected chi connectivity index (χ0v) is 14.9. The first-order chi connectivity index (χ1) is 12.0. The maximum atomic E-state index is 13.4. The summed E-state index contributed by atoms with van der Waals surface area (Å²) >= 11 is 2.28. The third-order valence-electron chi connectivity index (χ3n) is 2.98. The molecule has 2 rings (SSSR count). The fourth-order valence-electron chi connectivity index (χ4n) is 1.85. The molecule has 0 aliphatic heterocycles. The molecular formula is C17H15F2NO3S2. The van der Waals surface area contributed by atoms with E-state index in [9.17, 15) is 18.4 Å². The van der Waals surface area contributed by atoms with Crippen LogP contribution in [0.4, 0.5) is 14.5 Å². The number of anilines is 1. The van der Waals surface area contributed by atoms with Gasteiger partial charge in [-0.1, -0.05) is 12.1 Å². The Morgan fingerprint density at radius 2 is 1.88 bits per heavy atom. The molecule has 0 heterocycles. The Labute approximate surface area is 152 Å². The second-order valence-corrected chi connectivity index (χ2v) is 6.64. The van der Waals surface area contributed by atoms with Gasteiger partial charge in [-0.3, -0.25) is 9.59 Å². The van der Waals surface area contributed by atoms with Gasteiger partial charge in [-0.05, 0) is 36.6 Å². The van der Waals surface area contributed by atoms with E-state index in [2.05, 4.69) is 5.32 Å². The minimum absolute atomic E-state index is 0.00954. The number of hydrogen-bond donors (Lipinski definition) is 1. The van der Waals surface area contributed by atoms with Crippen LogP contribution in [0.25, 0.3) is 0 Å². The average Bonchev–Trinajstić information content (AvgIpc) is 2.61. The van der Waals surface area contributed by atoms with Gasteiger partial charge in [0.2, 0.25) is 0 Å². The molecule has 8 heteroatoms. The minimum Gasteiger partial charge on any atom is -0.455 e. The molecule has 0 fully saturated rings. The second-order valence-electron chi connectivity index (χ2n) is 4.77. The van der Waals surface area contributed by atoms with Crippen molar-refractivity contribution in [2.75, 3.05) is 23.9 Å². The van der Waals surface area contributed by atoms with Crippen molar-refractivity contribution < 1.29 is 23.1 Å². The molecule has 25 heavy (non-hydrogen) atoms. The summed E-state index contributed by atoms with van der Waals surface area (Å²) in [6, 6.07) is 10.2. The largest absolute Gasteiger partial charge is 0.455 e. The molecule has 0 atom stereocenters. The average molecular weight is 383 g/mol. The number of esters is 1. The standard InChI is InChI=1S/C17H15F2NO3S2/c1-24-14-5-3-2-4-13(14)20-16(21)9-23-17(22)10-25-15-8-11(18)6-7-12(15)19/h2-8H,9-10H2,1H3,(H,20,21). The van der Waals surface area contributed by atoms with Crippen LogP contribution in [-0.4, -0.2) is 30.5 Å². The van der Waals surface area contributed by atoms with Gasteiger partial charge in [0.1, 0.15) is 11.6 Å². The van der Waals surface area contributed by atoms with E-state index >= 15 is 0 Å². The summed E-state index contributed by atoms with van der Waals surface area (Å²) < 4.78 is 31.3. The van der Waals surface area contributed by atoms with Crippen molar-refractivity contribution in [1.29, 1.82) is 0 Å². The molecule has 0 aliphatic rings.